The van der Waals surface area contributed by atoms with Crippen LogP contribution in [0.2, 0.25) is 0 Å². The SMILES string of the molecule is CCNC(=O)C(C)(C)CN=C(NCC)N1CCC(N2CCCC2)C1.I. The summed E-state index contributed by atoms with van der Waals surface area (Å²) in [6.45, 7) is 14.6. The van der Waals surface area contributed by atoms with Crippen molar-refractivity contribution < 1.29 is 4.79 Å². The number of hydrogen-bond donors (Lipinski definition) is 2. The number of carbonyl (C=O) groups is 1. The van der Waals surface area contributed by atoms with Crippen molar-refractivity contribution in [3.63, 3.8) is 0 Å². The van der Waals surface area contributed by atoms with E-state index in [-0.39, 0.29) is 29.9 Å². The van der Waals surface area contributed by atoms with Crippen LogP contribution in [0.5, 0.6) is 0 Å². The van der Waals surface area contributed by atoms with Crippen LogP contribution < -0.4 is 10.6 Å². The lowest BCUT2D eigenvalue weighted by atomic mass is 9.92. The number of rotatable bonds is 6. The summed E-state index contributed by atoms with van der Waals surface area (Å²) in [5.41, 5.74) is -0.481. The summed E-state index contributed by atoms with van der Waals surface area (Å²) < 4.78 is 0. The van der Waals surface area contributed by atoms with E-state index in [0.717, 1.165) is 25.6 Å². The van der Waals surface area contributed by atoms with Crippen LogP contribution in [0, 0.1) is 5.41 Å². The molecule has 0 bridgehead atoms. The first-order chi connectivity index (χ1) is 11.5. The number of halogens is 1. The monoisotopic (exact) mass is 465 g/mol. The van der Waals surface area contributed by atoms with Gasteiger partial charge in [0.05, 0.1) is 12.0 Å². The lowest BCUT2D eigenvalue weighted by molar-refractivity contribution is -0.128. The maximum atomic E-state index is 12.2. The number of carbonyl (C=O) groups excluding carboxylic acids is 1. The Morgan fingerprint density at radius 3 is 2.36 bits per heavy atom. The van der Waals surface area contributed by atoms with Crippen molar-refractivity contribution in [1.82, 2.24) is 20.4 Å². The molecule has 2 aliphatic rings. The molecular formula is C18H36IN5O. The molecule has 0 aromatic rings. The van der Waals surface area contributed by atoms with Crippen molar-refractivity contribution in [2.75, 3.05) is 45.8 Å². The molecule has 1 unspecified atom stereocenters. The van der Waals surface area contributed by atoms with Crippen LogP contribution in [0.4, 0.5) is 0 Å². The van der Waals surface area contributed by atoms with E-state index in [4.69, 9.17) is 4.99 Å². The quantitative estimate of drug-likeness (QED) is 0.358. The first-order valence-electron chi connectivity index (χ1n) is 9.53. The summed E-state index contributed by atoms with van der Waals surface area (Å²) in [6.07, 6.45) is 3.89. The van der Waals surface area contributed by atoms with E-state index in [9.17, 15) is 4.79 Å². The second-order valence-electron chi connectivity index (χ2n) is 7.55. The largest absolute Gasteiger partial charge is 0.357 e. The zero-order valence-corrected chi connectivity index (χ0v) is 18.6. The smallest absolute Gasteiger partial charge is 0.227 e. The Hall–Kier alpha value is -0.570. The number of amides is 1. The third-order valence-corrected chi connectivity index (χ3v) is 5.03. The Morgan fingerprint density at radius 1 is 1.12 bits per heavy atom. The number of aliphatic imine (C=N–C) groups is 1. The summed E-state index contributed by atoms with van der Waals surface area (Å²) in [5, 5.41) is 6.31. The Bertz CT molecular complexity index is 449. The van der Waals surface area contributed by atoms with Crippen LogP contribution in [-0.2, 0) is 4.79 Å². The van der Waals surface area contributed by atoms with Crippen LogP contribution in [0.3, 0.4) is 0 Å². The highest BCUT2D eigenvalue weighted by Gasteiger charge is 2.32. The molecule has 2 N–H and O–H groups in total. The highest BCUT2D eigenvalue weighted by atomic mass is 127. The number of nitrogens with one attached hydrogen (secondary N) is 2. The highest BCUT2D eigenvalue weighted by Crippen LogP contribution is 2.21. The Balaban J connectivity index is 0.00000312. The number of guanidine groups is 1. The molecule has 2 saturated heterocycles. The van der Waals surface area contributed by atoms with Crippen molar-refractivity contribution in [3.05, 3.63) is 0 Å². The van der Waals surface area contributed by atoms with Gasteiger partial charge in [0.15, 0.2) is 5.96 Å². The topological polar surface area (TPSA) is 60.0 Å². The number of likely N-dealkylation sites (tertiary alicyclic amines) is 2. The molecule has 2 aliphatic heterocycles. The maximum Gasteiger partial charge on any atom is 0.227 e. The fraction of sp³-hybridized carbons (Fsp3) is 0.889. The predicted molar refractivity (Wildman–Crippen MR) is 115 cm³/mol. The van der Waals surface area contributed by atoms with Gasteiger partial charge in [0, 0.05) is 32.2 Å². The standard InChI is InChI=1S/C18H35N5O.HI/c1-5-19-16(24)18(3,4)14-21-17(20-6-2)23-12-9-15(13-23)22-10-7-8-11-22;/h15H,5-14H2,1-4H3,(H,19,24)(H,20,21);1H. The minimum absolute atomic E-state index is 0. The maximum absolute atomic E-state index is 12.2. The lowest BCUT2D eigenvalue weighted by Gasteiger charge is -2.27. The summed E-state index contributed by atoms with van der Waals surface area (Å²) in [7, 11) is 0. The molecule has 2 fully saturated rings. The molecule has 1 atom stereocenters. The van der Waals surface area contributed by atoms with E-state index in [1.807, 2.05) is 20.8 Å². The molecule has 1 amide bonds. The second-order valence-corrected chi connectivity index (χ2v) is 7.55. The van der Waals surface area contributed by atoms with E-state index in [1.54, 1.807) is 0 Å². The zero-order valence-electron chi connectivity index (χ0n) is 16.3. The third-order valence-electron chi connectivity index (χ3n) is 5.03. The van der Waals surface area contributed by atoms with Gasteiger partial charge in [-0.25, -0.2) is 0 Å². The summed E-state index contributed by atoms with van der Waals surface area (Å²) in [4.78, 5) is 21.9. The van der Waals surface area contributed by atoms with Crippen LogP contribution in [0.15, 0.2) is 4.99 Å². The summed E-state index contributed by atoms with van der Waals surface area (Å²) in [6, 6.07) is 0.660. The van der Waals surface area contributed by atoms with Crippen molar-refractivity contribution in [3.8, 4) is 0 Å². The lowest BCUT2D eigenvalue weighted by Crippen LogP contribution is -2.44. The van der Waals surface area contributed by atoms with E-state index in [0.29, 0.717) is 19.1 Å². The van der Waals surface area contributed by atoms with Gasteiger partial charge >= 0.3 is 0 Å². The molecule has 0 saturated carbocycles. The van der Waals surface area contributed by atoms with E-state index in [1.165, 1.54) is 32.4 Å². The van der Waals surface area contributed by atoms with Crippen molar-refractivity contribution in [1.29, 1.82) is 0 Å². The summed E-state index contributed by atoms with van der Waals surface area (Å²) in [5.74, 6) is 1.03. The molecule has 0 spiro atoms. The van der Waals surface area contributed by atoms with Crippen LogP contribution >= 0.6 is 24.0 Å². The molecule has 25 heavy (non-hydrogen) atoms. The number of hydrogen-bond acceptors (Lipinski definition) is 3. The first kappa shape index (κ1) is 22.5. The highest BCUT2D eigenvalue weighted by molar-refractivity contribution is 14.0. The van der Waals surface area contributed by atoms with Gasteiger partial charge in [0.1, 0.15) is 0 Å². The van der Waals surface area contributed by atoms with Crippen LogP contribution in [0.1, 0.15) is 47.0 Å². The average molecular weight is 465 g/mol. The van der Waals surface area contributed by atoms with Gasteiger partial charge < -0.3 is 15.5 Å². The van der Waals surface area contributed by atoms with Gasteiger partial charge in [-0.3, -0.25) is 14.7 Å². The minimum Gasteiger partial charge on any atom is -0.357 e. The molecule has 0 aromatic carbocycles. The molecular weight excluding hydrogens is 429 g/mol. The Morgan fingerprint density at radius 2 is 1.76 bits per heavy atom. The normalized spacial score (nSPS) is 22.0. The van der Waals surface area contributed by atoms with E-state index in [2.05, 4.69) is 27.4 Å². The Kier molecular flexibility index (Phi) is 9.48. The number of nitrogens with zero attached hydrogens (tertiary/aromatic N) is 3. The van der Waals surface area contributed by atoms with Gasteiger partial charge in [-0.05, 0) is 60.0 Å². The molecule has 2 rings (SSSR count). The van der Waals surface area contributed by atoms with Gasteiger partial charge in [-0.15, -0.1) is 24.0 Å². The van der Waals surface area contributed by atoms with Gasteiger partial charge in [-0.2, -0.15) is 0 Å². The molecule has 6 nitrogen and oxygen atoms in total. The minimum atomic E-state index is -0.481. The fourth-order valence-corrected chi connectivity index (χ4v) is 3.51. The molecule has 146 valence electrons. The molecule has 2 heterocycles. The first-order valence-corrected chi connectivity index (χ1v) is 9.53. The summed E-state index contributed by atoms with van der Waals surface area (Å²) >= 11 is 0. The van der Waals surface area contributed by atoms with Crippen LogP contribution in [0.25, 0.3) is 0 Å². The second kappa shape index (κ2) is 10.5. The van der Waals surface area contributed by atoms with Gasteiger partial charge in [0.25, 0.3) is 0 Å². The van der Waals surface area contributed by atoms with Crippen molar-refractivity contribution in [2.45, 2.75) is 53.0 Å². The fourth-order valence-electron chi connectivity index (χ4n) is 3.51. The predicted octanol–water partition coefficient (Wildman–Crippen LogP) is 1.90. The Labute approximate surface area is 170 Å². The van der Waals surface area contributed by atoms with E-state index < -0.39 is 5.41 Å². The zero-order chi connectivity index (χ0) is 17.6. The average Bonchev–Trinajstić information content (AvgIpc) is 3.22. The molecule has 0 aliphatic carbocycles. The molecule has 7 heteroatoms. The van der Waals surface area contributed by atoms with Gasteiger partial charge in [0.2, 0.25) is 5.91 Å². The van der Waals surface area contributed by atoms with Crippen molar-refractivity contribution in [2.24, 2.45) is 10.4 Å². The van der Waals surface area contributed by atoms with Crippen molar-refractivity contribution >= 4 is 35.8 Å². The van der Waals surface area contributed by atoms with Crippen LogP contribution in [-0.4, -0.2) is 73.5 Å². The molecule has 0 radical (unpaired) electrons. The van der Waals surface area contributed by atoms with Gasteiger partial charge in [-0.1, -0.05) is 0 Å². The van der Waals surface area contributed by atoms with E-state index >= 15 is 0 Å². The third kappa shape index (κ3) is 6.27. The molecule has 0 aromatic heterocycles.